The maximum atomic E-state index is 11.6. The van der Waals surface area contributed by atoms with Gasteiger partial charge < -0.3 is 10.0 Å². The van der Waals surface area contributed by atoms with Crippen LogP contribution in [0.3, 0.4) is 0 Å². The van der Waals surface area contributed by atoms with Crippen molar-refractivity contribution in [2.24, 2.45) is 0 Å². The third-order valence-corrected chi connectivity index (χ3v) is 6.11. The van der Waals surface area contributed by atoms with Crippen LogP contribution < -0.4 is 0 Å². The van der Waals surface area contributed by atoms with Crippen LogP contribution in [0.25, 0.3) is 0 Å². The molecule has 0 radical (unpaired) electrons. The summed E-state index contributed by atoms with van der Waals surface area (Å²) in [6.07, 6.45) is 5.22. The zero-order valence-electron chi connectivity index (χ0n) is 9.85. The second kappa shape index (κ2) is 4.68. The summed E-state index contributed by atoms with van der Waals surface area (Å²) in [7, 11) is 0. The number of aliphatic carboxylic acids is 1. The second-order valence-corrected chi connectivity index (χ2v) is 6.99. The summed E-state index contributed by atoms with van der Waals surface area (Å²) in [5, 5.41) is 10.2. The Labute approximate surface area is 118 Å². The normalized spacial score (nSPS) is 28.9. The quantitative estimate of drug-likeness (QED) is 0.647. The summed E-state index contributed by atoms with van der Waals surface area (Å²) < 4.78 is -0.932. The van der Waals surface area contributed by atoms with E-state index in [0.717, 1.165) is 0 Å². The molecular weight excluding hydrogens is 286 g/mol. The van der Waals surface area contributed by atoms with Crippen molar-refractivity contribution in [3.05, 3.63) is 18.6 Å². The molecule has 1 unspecified atom stereocenters. The van der Waals surface area contributed by atoms with Gasteiger partial charge in [-0.3, -0.25) is 14.6 Å². The fourth-order valence-electron chi connectivity index (χ4n) is 2.10. The highest BCUT2D eigenvalue weighted by molar-refractivity contribution is 8.05. The van der Waals surface area contributed by atoms with Crippen LogP contribution in [-0.4, -0.2) is 54.3 Å². The van der Waals surface area contributed by atoms with Crippen molar-refractivity contribution in [2.75, 3.05) is 12.3 Å². The molecule has 19 heavy (non-hydrogen) atoms. The molecule has 2 aliphatic heterocycles. The number of nitrogens with zero attached hydrogens (tertiary/aromatic N) is 3. The average Bonchev–Trinajstić information content (AvgIpc) is 2.72. The number of rotatable bonds is 4. The van der Waals surface area contributed by atoms with Crippen molar-refractivity contribution in [1.29, 1.82) is 0 Å². The maximum absolute atomic E-state index is 11.6. The molecule has 1 aromatic heterocycles. The molecule has 1 aromatic rings. The van der Waals surface area contributed by atoms with Gasteiger partial charge in [0.25, 0.3) is 0 Å². The van der Waals surface area contributed by atoms with Crippen LogP contribution in [0.15, 0.2) is 23.6 Å². The van der Waals surface area contributed by atoms with Crippen LogP contribution in [0.5, 0.6) is 0 Å². The lowest BCUT2D eigenvalue weighted by atomic mass is 10.1. The van der Waals surface area contributed by atoms with E-state index in [2.05, 4.69) is 9.97 Å². The number of carbonyl (C=O) groups is 2. The highest BCUT2D eigenvalue weighted by Gasteiger charge is 2.56. The minimum atomic E-state index is -0.932. The third-order valence-electron chi connectivity index (χ3n) is 3.19. The van der Waals surface area contributed by atoms with E-state index >= 15 is 0 Å². The van der Waals surface area contributed by atoms with Crippen molar-refractivity contribution in [3.8, 4) is 0 Å². The van der Waals surface area contributed by atoms with E-state index in [-0.39, 0.29) is 17.8 Å². The number of amides is 1. The molecule has 3 heterocycles. The van der Waals surface area contributed by atoms with Gasteiger partial charge in [-0.15, -0.1) is 23.5 Å². The zero-order chi connectivity index (χ0) is 13.5. The van der Waals surface area contributed by atoms with Gasteiger partial charge in [-0.05, 0) is 0 Å². The molecule has 0 saturated carbocycles. The lowest BCUT2D eigenvalue weighted by Gasteiger charge is -2.32. The number of thioether (sulfide) groups is 2. The van der Waals surface area contributed by atoms with E-state index in [1.165, 1.54) is 23.5 Å². The summed E-state index contributed by atoms with van der Waals surface area (Å²) in [6.45, 7) is 0.282. The average molecular weight is 297 g/mol. The van der Waals surface area contributed by atoms with Crippen molar-refractivity contribution in [3.63, 3.8) is 0 Å². The predicted octanol–water partition coefficient (Wildman–Crippen LogP) is 0.697. The Morgan fingerprint density at radius 3 is 3.05 bits per heavy atom. The first kappa shape index (κ1) is 12.7. The molecule has 100 valence electrons. The Morgan fingerprint density at radius 2 is 2.47 bits per heavy atom. The van der Waals surface area contributed by atoms with Crippen LogP contribution in [0.4, 0.5) is 0 Å². The first-order valence-electron chi connectivity index (χ1n) is 5.70. The van der Waals surface area contributed by atoms with E-state index in [4.69, 9.17) is 0 Å². The van der Waals surface area contributed by atoms with Gasteiger partial charge in [-0.1, -0.05) is 0 Å². The summed E-state index contributed by atoms with van der Waals surface area (Å²) >= 11 is 2.74. The largest absolute Gasteiger partial charge is 0.480 e. The third kappa shape index (κ3) is 2.18. The molecule has 2 aliphatic rings. The number of hydrogen-bond acceptors (Lipinski definition) is 6. The number of carboxylic acids is 1. The van der Waals surface area contributed by atoms with Crippen molar-refractivity contribution in [1.82, 2.24) is 14.9 Å². The van der Waals surface area contributed by atoms with E-state index in [1.54, 1.807) is 23.5 Å². The van der Waals surface area contributed by atoms with Gasteiger partial charge >= 0.3 is 5.97 Å². The Balaban J connectivity index is 1.72. The van der Waals surface area contributed by atoms with Gasteiger partial charge in [-0.2, -0.15) is 0 Å². The monoisotopic (exact) mass is 297 g/mol. The lowest BCUT2D eigenvalue weighted by Crippen LogP contribution is -2.49. The van der Waals surface area contributed by atoms with Crippen LogP contribution in [0.1, 0.15) is 6.42 Å². The lowest BCUT2D eigenvalue weighted by molar-refractivity contribution is -0.143. The number of carbonyl (C=O) groups excluding carboxylic acids is 1. The van der Waals surface area contributed by atoms with Gasteiger partial charge in [0.15, 0.2) is 0 Å². The SMILES string of the molecule is O=C1C[C@H]2SC(CSc3cnccn3)(C(=O)O)CN12. The molecule has 8 heteroatoms. The number of aromatic nitrogens is 2. The highest BCUT2D eigenvalue weighted by atomic mass is 32.2. The molecule has 0 bridgehead atoms. The minimum Gasteiger partial charge on any atom is -0.480 e. The first-order valence-corrected chi connectivity index (χ1v) is 7.57. The van der Waals surface area contributed by atoms with Crippen LogP contribution in [0.2, 0.25) is 0 Å². The van der Waals surface area contributed by atoms with Crippen molar-refractivity contribution >= 4 is 35.4 Å². The molecule has 1 N–H and O–H groups in total. The summed E-state index contributed by atoms with van der Waals surface area (Å²) in [4.78, 5) is 32.7. The van der Waals surface area contributed by atoms with E-state index < -0.39 is 10.7 Å². The predicted molar refractivity (Wildman–Crippen MR) is 70.8 cm³/mol. The standard InChI is InChI=1S/C11H11N3O3S2/c15-8-3-9-14(8)5-11(19-9,10(16)17)6-18-7-4-12-1-2-13-7/h1-2,4,9H,3,5-6H2,(H,16,17)/t9-,11?/m1/s1. The van der Waals surface area contributed by atoms with Crippen LogP contribution in [-0.2, 0) is 9.59 Å². The van der Waals surface area contributed by atoms with E-state index in [0.29, 0.717) is 17.2 Å². The molecule has 6 nitrogen and oxygen atoms in total. The summed E-state index contributed by atoms with van der Waals surface area (Å²) in [5.41, 5.74) is 0. The molecule has 2 fully saturated rings. The number of β-lactam (4-membered cyclic amide) rings is 1. The van der Waals surface area contributed by atoms with E-state index in [9.17, 15) is 14.7 Å². The van der Waals surface area contributed by atoms with E-state index in [1.807, 2.05) is 0 Å². The molecule has 1 amide bonds. The van der Waals surface area contributed by atoms with Gasteiger partial charge in [0.05, 0.1) is 18.0 Å². The summed E-state index contributed by atoms with van der Waals surface area (Å²) in [6, 6.07) is 0. The number of hydrogen-bond donors (Lipinski definition) is 1. The number of carboxylic acid groups (broad SMARTS) is 1. The Bertz CT molecular complexity index is 527. The van der Waals surface area contributed by atoms with Gasteiger partial charge in [0.1, 0.15) is 9.77 Å². The van der Waals surface area contributed by atoms with Crippen LogP contribution >= 0.6 is 23.5 Å². The molecule has 0 aliphatic carbocycles. The highest BCUT2D eigenvalue weighted by Crippen LogP contribution is 2.48. The van der Waals surface area contributed by atoms with Gasteiger partial charge in [0, 0.05) is 24.7 Å². The molecule has 0 aromatic carbocycles. The Hall–Kier alpha value is -1.28. The Morgan fingerprint density at radius 1 is 1.63 bits per heavy atom. The molecule has 2 atom stereocenters. The molecule has 0 spiro atoms. The molecule has 3 rings (SSSR count). The first-order chi connectivity index (χ1) is 9.11. The fourth-order valence-corrected chi connectivity index (χ4v) is 4.80. The van der Waals surface area contributed by atoms with Gasteiger partial charge in [0.2, 0.25) is 5.91 Å². The van der Waals surface area contributed by atoms with Crippen molar-refractivity contribution < 1.29 is 14.7 Å². The number of fused-ring (bicyclic) bond motifs is 1. The zero-order valence-corrected chi connectivity index (χ0v) is 11.5. The summed E-state index contributed by atoms with van der Waals surface area (Å²) in [5.74, 6) is -0.437. The second-order valence-electron chi connectivity index (χ2n) is 4.43. The molecule has 2 saturated heterocycles. The van der Waals surface area contributed by atoms with Gasteiger partial charge in [-0.25, -0.2) is 4.98 Å². The smallest absolute Gasteiger partial charge is 0.322 e. The molecular formula is C11H11N3O3S2. The maximum Gasteiger partial charge on any atom is 0.322 e. The Kier molecular flexibility index (Phi) is 3.14. The van der Waals surface area contributed by atoms with Crippen LogP contribution in [0, 0.1) is 0 Å². The topological polar surface area (TPSA) is 83.4 Å². The minimum absolute atomic E-state index is 0.0334. The van der Waals surface area contributed by atoms with Crippen molar-refractivity contribution in [2.45, 2.75) is 21.6 Å². The fraction of sp³-hybridized carbons (Fsp3) is 0.455.